The van der Waals surface area contributed by atoms with E-state index >= 15 is 0 Å². The summed E-state index contributed by atoms with van der Waals surface area (Å²) in [7, 11) is 0. The van der Waals surface area contributed by atoms with Crippen LogP contribution in [-0.2, 0) is 28.5 Å². The van der Waals surface area contributed by atoms with Crippen LogP contribution in [0, 0.1) is 40.4 Å². The summed E-state index contributed by atoms with van der Waals surface area (Å²) in [6.07, 6.45) is 6.45. The Balaban J connectivity index is 0.974. The fourth-order valence-electron chi connectivity index (χ4n) is 11.4. The minimum Gasteiger partial charge on any atom is -0.458 e. The van der Waals surface area contributed by atoms with Crippen molar-refractivity contribution in [3.05, 3.63) is 93.0 Å². The normalized spacial score (nSPS) is 37.4. The SMILES string of the molecule is CC1=C(COC(=O)c2ccc(Cl)cc2)C(=O)O[C@@H]([C@@H](C)[C@H]2CC[C@H]3[C@@H]4C[C@H]5O[C@]56[C@@H](OC(=O)c5ccc(Cl)cc5)C=CC(=O)[C@]6(CO)[C@H]4CC[C@]23C)C1. The second-order valence-electron chi connectivity index (χ2n) is 16.3. The third-order valence-corrected chi connectivity index (χ3v) is 14.6. The highest BCUT2D eigenvalue weighted by atomic mass is 35.5. The highest BCUT2D eigenvalue weighted by molar-refractivity contribution is 6.31. The third-order valence-electron chi connectivity index (χ3n) is 14.1. The highest BCUT2D eigenvalue weighted by Gasteiger charge is 2.82. The van der Waals surface area contributed by atoms with Crippen molar-refractivity contribution in [2.75, 3.05) is 13.2 Å². The monoisotopic (exact) mass is 762 g/mol. The molecule has 3 saturated carbocycles. The van der Waals surface area contributed by atoms with Crippen molar-refractivity contribution in [2.45, 2.75) is 83.2 Å². The number of hydrogen-bond acceptors (Lipinski definition) is 9. The number of halogens is 2. The number of fused-ring (bicyclic) bond motifs is 4. The fraction of sp³-hybridized carbons (Fsp3) is 0.524. The molecule has 1 spiro atoms. The molecule has 2 aromatic carbocycles. The maximum absolute atomic E-state index is 14.0. The third kappa shape index (κ3) is 5.63. The number of carbonyl (C=O) groups excluding carboxylic acids is 4. The second-order valence-corrected chi connectivity index (χ2v) is 17.1. The number of ether oxygens (including phenoxy) is 4. The van der Waals surface area contributed by atoms with Crippen molar-refractivity contribution in [2.24, 2.45) is 40.4 Å². The summed E-state index contributed by atoms with van der Waals surface area (Å²) < 4.78 is 24.1. The largest absolute Gasteiger partial charge is 0.458 e. The van der Waals surface area contributed by atoms with Crippen molar-refractivity contribution >= 4 is 46.9 Å². The van der Waals surface area contributed by atoms with Crippen LogP contribution in [-0.4, -0.2) is 65.9 Å². The lowest BCUT2D eigenvalue weighted by Crippen LogP contribution is -2.67. The van der Waals surface area contributed by atoms with Gasteiger partial charge in [-0.2, -0.15) is 0 Å². The predicted molar refractivity (Wildman–Crippen MR) is 195 cm³/mol. The molecular weight excluding hydrogens is 719 g/mol. The molecule has 0 bridgehead atoms. The second kappa shape index (κ2) is 13.4. The molecule has 0 aromatic heterocycles. The number of epoxide rings is 1. The van der Waals surface area contributed by atoms with E-state index in [9.17, 15) is 24.3 Å². The Morgan fingerprint density at radius 2 is 1.62 bits per heavy atom. The Bertz CT molecular complexity index is 1910. The molecule has 11 atom stereocenters. The Labute approximate surface area is 319 Å². The molecule has 2 heterocycles. The van der Waals surface area contributed by atoms with E-state index in [1.165, 1.54) is 6.08 Å². The number of esters is 3. The fourth-order valence-corrected chi connectivity index (χ4v) is 11.7. The number of rotatable bonds is 8. The number of benzene rings is 2. The first-order chi connectivity index (χ1) is 25.3. The summed E-state index contributed by atoms with van der Waals surface area (Å²) in [6.45, 7) is 5.90. The van der Waals surface area contributed by atoms with Gasteiger partial charge in [0.05, 0.1) is 34.8 Å². The predicted octanol–water partition coefficient (Wildman–Crippen LogP) is 7.36. The molecule has 280 valence electrons. The van der Waals surface area contributed by atoms with Crippen molar-refractivity contribution in [1.82, 2.24) is 0 Å². The summed E-state index contributed by atoms with van der Waals surface area (Å²) in [4.78, 5) is 53.2. The van der Waals surface area contributed by atoms with Gasteiger partial charge < -0.3 is 24.1 Å². The molecule has 4 fully saturated rings. The summed E-state index contributed by atoms with van der Waals surface area (Å²) in [6, 6.07) is 12.9. The van der Waals surface area contributed by atoms with Gasteiger partial charge in [-0.25, -0.2) is 14.4 Å². The molecule has 11 heteroatoms. The lowest BCUT2D eigenvalue weighted by atomic mass is 9.44. The lowest BCUT2D eigenvalue weighted by molar-refractivity contribution is -0.164. The maximum atomic E-state index is 14.0. The smallest absolute Gasteiger partial charge is 0.338 e. The standard InChI is InChI=1S/C42H44Cl2O9/c1-22-18-33(51-39(49)29(22)20-50-37(47)24-4-8-26(43)9-5-24)23(2)30-12-13-31-28-19-36-42(53-36)35(52-38(48)25-6-10-27(44)11-7-25)15-14-34(46)41(42,21-45)32(28)16-17-40(30,31)3/h4-11,14-15,23,28,30-33,35-36,45H,12-13,16-21H2,1-3H3/t23-,28-,30+,31-,32-,33+,35-,36+,40+,41-,42+/m0/s1. The van der Waals surface area contributed by atoms with Crippen LogP contribution < -0.4 is 0 Å². The summed E-state index contributed by atoms with van der Waals surface area (Å²) >= 11 is 12.0. The number of allylic oxidation sites excluding steroid dienone is 1. The van der Waals surface area contributed by atoms with Crippen LogP contribution in [0.4, 0.5) is 0 Å². The average Bonchev–Trinajstić information content (AvgIpc) is 3.76. The molecule has 53 heavy (non-hydrogen) atoms. The molecule has 0 amide bonds. The van der Waals surface area contributed by atoms with Crippen molar-refractivity contribution in [1.29, 1.82) is 0 Å². The van der Waals surface area contributed by atoms with Gasteiger partial charge in [0.25, 0.3) is 0 Å². The molecule has 2 aromatic rings. The van der Waals surface area contributed by atoms with Crippen molar-refractivity contribution in [3.8, 4) is 0 Å². The van der Waals surface area contributed by atoms with E-state index in [0.29, 0.717) is 33.2 Å². The Kier molecular flexibility index (Phi) is 9.19. The quantitative estimate of drug-likeness (QED) is 0.167. The van der Waals surface area contributed by atoms with Crippen LogP contribution in [0.25, 0.3) is 0 Å². The number of carbonyl (C=O) groups is 4. The van der Waals surface area contributed by atoms with E-state index in [4.69, 9.17) is 42.1 Å². The Hall–Kier alpha value is -3.50. The van der Waals surface area contributed by atoms with Gasteiger partial charge >= 0.3 is 17.9 Å². The van der Waals surface area contributed by atoms with Gasteiger partial charge in [-0.3, -0.25) is 4.79 Å². The van der Waals surface area contributed by atoms with Gasteiger partial charge in [-0.1, -0.05) is 42.6 Å². The van der Waals surface area contributed by atoms with Crippen LogP contribution >= 0.6 is 23.2 Å². The van der Waals surface area contributed by atoms with E-state index in [1.807, 2.05) is 6.92 Å². The van der Waals surface area contributed by atoms with Crippen LogP contribution in [0.2, 0.25) is 10.0 Å². The molecular formula is C42H44Cl2O9. The molecule has 0 unspecified atom stereocenters. The number of hydrogen-bond donors (Lipinski definition) is 1. The number of aliphatic hydroxyl groups excluding tert-OH is 1. The van der Waals surface area contributed by atoms with E-state index in [1.54, 1.807) is 54.6 Å². The highest BCUT2D eigenvalue weighted by Crippen LogP contribution is 2.73. The molecule has 4 aliphatic carbocycles. The average molecular weight is 764 g/mol. The first kappa shape index (κ1) is 36.5. The molecule has 1 saturated heterocycles. The number of aliphatic hydroxyl groups is 1. The maximum Gasteiger partial charge on any atom is 0.338 e. The molecule has 2 aliphatic heterocycles. The first-order valence-corrected chi connectivity index (χ1v) is 19.4. The topological polar surface area (TPSA) is 129 Å². The van der Waals surface area contributed by atoms with Crippen LogP contribution in [0.15, 0.2) is 71.8 Å². The van der Waals surface area contributed by atoms with Crippen molar-refractivity contribution in [3.63, 3.8) is 0 Å². The van der Waals surface area contributed by atoms with E-state index in [0.717, 1.165) is 37.7 Å². The number of ketones is 1. The Morgan fingerprint density at radius 1 is 0.962 bits per heavy atom. The van der Waals surface area contributed by atoms with Gasteiger partial charge in [-0.05, 0) is 135 Å². The van der Waals surface area contributed by atoms with Gasteiger partial charge in [0.1, 0.15) is 12.7 Å². The first-order valence-electron chi connectivity index (χ1n) is 18.6. The zero-order valence-electron chi connectivity index (χ0n) is 30.0. The molecule has 8 rings (SSSR count). The summed E-state index contributed by atoms with van der Waals surface area (Å²) in [5.74, 6) is -1.05. The molecule has 0 radical (unpaired) electrons. The van der Waals surface area contributed by atoms with E-state index < -0.39 is 35.0 Å². The van der Waals surface area contributed by atoms with Crippen LogP contribution in [0.3, 0.4) is 0 Å². The minimum atomic E-state index is -1.21. The van der Waals surface area contributed by atoms with Gasteiger partial charge in [0.15, 0.2) is 17.5 Å². The molecule has 6 aliphatic rings. The van der Waals surface area contributed by atoms with Crippen LogP contribution in [0.5, 0.6) is 0 Å². The summed E-state index contributed by atoms with van der Waals surface area (Å²) in [5.41, 5.74) is -0.445. The molecule has 9 nitrogen and oxygen atoms in total. The summed E-state index contributed by atoms with van der Waals surface area (Å²) in [5, 5.41) is 12.2. The Morgan fingerprint density at radius 3 is 2.26 bits per heavy atom. The van der Waals surface area contributed by atoms with E-state index in [-0.39, 0.29) is 66.2 Å². The lowest BCUT2D eigenvalue weighted by Gasteiger charge is -2.58. The van der Waals surface area contributed by atoms with Gasteiger partial charge in [0.2, 0.25) is 0 Å². The van der Waals surface area contributed by atoms with Gasteiger partial charge in [-0.15, -0.1) is 0 Å². The van der Waals surface area contributed by atoms with Crippen LogP contribution in [0.1, 0.15) is 80.0 Å². The zero-order valence-corrected chi connectivity index (χ0v) is 31.5. The molecule has 1 N–H and O–H groups in total. The van der Waals surface area contributed by atoms with Gasteiger partial charge in [0, 0.05) is 16.5 Å². The minimum absolute atomic E-state index is 0.0705. The van der Waals surface area contributed by atoms with E-state index in [2.05, 4.69) is 13.8 Å². The zero-order chi connectivity index (χ0) is 37.4. The number of cyclic esters (lactones) is 1. The van der Waals surface area contributed by atoms with Crippen molar-refractivity contribution < 1.29 is 43.2 Å².